The van der Waals surface area contributed by atoms with Gasteiger partial charge in [-0.3, -0.25) is 9.80 Å². The third-order valence-electron chi connectivity index (χ3n) is 2.02. The van der Waals surface area contributed by atoms with Crippen LogP contribution in [0.5, 0.6) is 0 Å². The van der Waals surface area contributed by atoms with Crippen molar-refractivity contribution >= 4 is 0 Å². The predicted octanol–water partition coefficient (Wildman–Crippen LogP) is 0.985. The van der Waals surface area contributed by atoms with Gasteiger partial charge in [-0.05, 0) is 34.6 Å². The molecule has 0 heterocycles. The molecule has 0 amide bonds. The normalized spacial score (nSPS) is 13.9. The summed E-state index contributed by atoms with van der Waals surface area (Å²) < 4.78 is 0. The van der Waals surface area contributed by atoms with Gasteiger partial charge in [-0.15, -0.1) is 0 Å². The Hall–Kier alpha value is -0.590. The summed E-state index contributed by atoms with van der Waals surface area (Å²) in [5, 5.41) is 8.89. The van der Waals surface area contributed by atoms with Crippen LogP contribution >= 0.6 is 0 Å². The Kier molecular flexibility index (Phi) is 4.87. The van der Waals surface area contributed by atoms with E-state index in [-0.39, 0.29) is 12.1 Å². The van der Waals surface area contributed by atoms with Crippen molar-refractivity contribution in [1.82, 2.24) is 9.80 Å². The van der Waals surface area contributed by atoms with Crippen molar-refractivity contribution < 1.29 is 0 Å². The highest BCUT2D eigenvalue weighted by molar-refractivity contribution is 4.89. The van der Waals surface area contributed by atoms with Crippen molar-refractivity contribution in [2.45, 2.75) is 19.5 Å². The van der Waals surface area contributed by atoms with E-state index in [1.165, 1.54) is 0 Å². The Bertz CT molecular complexity index is 150. The van der Waals surface area contributed by atoms with Gasteiger partial charge in [-0.25, -0.2) is 0 Å². The molecule has 0 aromatic heterocycles. The molecule has 12 heavy (non-hydrogen) atoms. The van der Waals surface area contributed by atoms with Gasteiger partial charge in [0, 0.05) is 0 Å². The van der Waals surface area contributed by atoms with E-state index in [4.69, 9.17) is 5.26 Å². The molecule has 0 rings (SSSR count). The lowest BCUT2D eigenvalue weighted by atomic mass is 10.0. The lowest BCUT2D eigenvalue weighted by molar-refractivity contribution is 0.0906. The van der Waals surface area contributed by atoms with Crippen molar-refractivity contribution in [3.63, 3.8) is 0 Å². The van der Waals surface area contributed by atoms with Crippen LogP contribution in [-0.2, 0) is 0 Å². The van der Waals surface area contributed by atoms with E-state index in [9.17, 15) is 0 Å². The molecule has 0 aliphatic heterocycles. The summed E-state index contributed by atoms with van der Waals surface area (Å²) >= 11 is 0. The van der Waals surface area contributed by atoms with E-state index in [1.807, 2.05) is 35.1 Å². The first kappa shape index (κ1) is 11.4. The molecule has 0 aliphatic rings. The quantitative estimate of drug-likeness (QED) is 0.588. The second kappa shape index (κ2) is 5.13. The summed E-state index contributed by atoms with van der Waals surface area (Å²) in [7, 11) is 8.02. The van der Waals surface area contributed by atoms with Gasteiger partial charge >= 0.3 is 0 Å². The fourth-order valence-corrected chi connectivity index (χ4v) is 1.55. The molecule has 0 bridgehead atoms. The Morgan fingerprint density at radius 1 is 1.17 bits per heavy atom. The van der Waals surface area contributed by atoms with E-state index in [2.05, 4.69) is 15.9 Å². The van der Waals surface area contributed by atoms with Gasteiger partial charge in [-0.1, -0.05) is 6.92 Å². The summed E-state index contributed by atoms with van der Waals surface area (Å²) in [6, 6.07) is 2.33. The Morgan fingerprint density at radius 3 is 1.67 bits per heavy atom. The minimum Gasteiger partial charge on any atom is -0.293 e. The first-order valence-corrected chi connectivity index (χ1v) is 4.27. The van der Waals surface area contributed by atoms with E-state index in [0.29, 0.717) is 0 Å². The topological polar surface area (TPSA) is 30.3 Å². The Morgan fingerprint density at radius 2 is 1.58 bits per heavy atom. The van der Waals surface area contributed by atoms with Crippen LogP contribution in [0.1, 0.15) is 13.3 Å². The zero-order valence-electron chi connectivity index (χ0n) is 8.70. The van der Waals surface area contributed by atoms with E-state index < -0.39 is 0 Å². The van der Waals surface area contributed by atoms with Crippen LogP contribution in [0.25, 0.3) is 0 Å². The smallest absolute Gasteiger partial charge is 0.0775 e. The summed E-state index contributed by atoms with van der Waals surface area (Å²) in [4.78, 5) is 4.16. The first-order valence-electron chi connectivity index (χ1n) is 4.27. The second-order valence-electron chi connectivity index (χ2n) is 3.48. The van der Waals surface area contributed by atoms with Crippen molar-refractivity contribution in [3.05, 3.63) is 0 Å². The average molecular weight is 169 g/mol. The van der Waals surface area contributed by atoms with E-state index in [1.54, 1.807) is 0 Å². The SMILES string of the molecule is CCC(C#N)C(N(C)C)N(C)C. The predicted molar refractivity (Wildman–Crippen MR) is 50.6 cm³/mol. The molecule has 70 valence electrons. The highest BCUT2D eigenvalue weighted by Crippen LogP contribution is 2.13. The lowest BCUT2D eigenvalue weighted by Gasteiger charge is -2.33. The summed E-state index contributed by atoms with van der Waals surface area (Å²) in [6.45, 7) is 2.05. The number of nitriles is 1. The largest absolute Gasteiger partial charge is 0.293 e. The molecule has 0 radical (unpaired) electrons. The number of hydrogen-bond acceptors (Lipinski definition) is 3. The molecule has 0 aromatic rings. The molecule has 0 fully saturated rings. The molecule has 3 heteroatoms. The summed E-state index contributed by atoms with van der Waals surface area (Å²) in [5.74, 6) is 0.0926. The molecule has 1 unspecified atom stereocenters. The molecule has 3 nitrogen and oxygen atoms in total. The maximum atomic E-state index is 8.89. The number of rotatable bonds is 4. The maximum Gasteiger partial charge on any atom is 0.0775 e. The van der Waals surface area contributed by atoms with Crippen molar-refractivity contribution in [1.29, 1.82) is 5.26 Å². The average Bonchev–Trinajstić information content (AvgIpc) is 1.98. The van der Waals surface area contributed by atoms with Crippen LogP contribution in [0.15, 0.2) is 0 Å². The van der Waals surface area contributed by atoms with Gasteiger partial charge in [-0.2, -0.15) is 5.26 Å². The van der Waals surface area contributed by atoms with Crippen molar-refractivity contribution in [2.75, 3.05) is 28.2 Å². The lowest BCUT2D eigenvalue weighted by Crippen LogP contribution is -2.45. The molecular weight excluding hydrogens is 150 g/mol. The van der Waals surface area contributed by atoms with Crippen LogP contribution in [0.3, 0.4) is 0 Å². The zero-order valence-corrected chi connectivity index (χ0v) is 8.70. The van der Waals surface area contributed by atoms with Crippen LogP contribution in [-0.4, -0.2) is 44.2 Å². The Labute approximate surface area is 75.6 Å². The third-order valence-corrected chi connectivity index (χ3v) is 2.02. The standard InChI is InChI=1S/C9H19N3/c1-6-8(7-10)9(11(2)3)12(4)5/h8-9H,6H2,1-5H3. The van der Waals surface area contributed by atoms with Gasteiger partial charge in [0.15, 0.2) is 0 Å². The van der Waals surface area contributed by atoms with Crippen LogP contribution in [0.4, 0.5) is 0 Å². The van der Waals surface area contributed by atoms with Gasteiger partial charge in [0.05, 0.1) is 18.2 Å². The van der Waals surface area contributed by atoms with Gasteiger partial charge in [0.1, 0.15) is 0 Å². The fraction of sp³-hybridized carbons (Fsp3) is 0.889. The molecule has 0 spiro atoms. The maximum absolute atomic E-state index is 8.89. The minimum absolute atomic E-state index is 0.0926. The molecule has 0 saturated carbocycles. The molecule has 0 aromatic carbocycles. The number of hydrogen-bond donors (Lipinski definition) is 0. The summed E-state index contributed by atoms with van der Waals surface area (Å²) in [5.41, 5.74) is 0. The molecule has 0 saturated heterocycles. The molecule has 1 atom stereocenters. The van der Waals surface area contributed by atoms with Gasteiger partial charge < -0.3 is 0 Å². The number of nitrogens with zero attached hydrogens (tertiary/aromatic N) is 3. The van der Waals surface area contributed by atoms with Gasteiger partial charge in [0.25, 0.3) is 0 Å². The van der Waals surface area contributed by atoms with Crippen molar-refractivity contribution in [2.24, 2.45) is 5.92 Å². The summed E-state index contributed by atoms with van der Waals surface area (Å²) in [6.07, 6.45) is 1.12. The van der Waals surface area contributed by atoms with Crippen LogP contribution < -0.4 is 0 Å². The van der Waals surface area contributed by atoms with E-state index >= 15 is 0 Å². The highest BCUT2D eigenvalue weighted by atomic mass is 15.3. The highest BCUT2D eigenvalue weighted by Gasteiger charge is 2.23. The van der Waals surface area contributed by atoms with Crippen LogP contribution in [0.2, 0.25) is 0 Å². The molecule has 0 aliphatic carbocycles. The zero-order chi connectivity index (χ0) is 9.72. The minimum atomic E-state index is 0.0926. The Balaban J connectivity index is 4.39. The fourth-order valence-electron chi connectivity index (χ4n) is 1.55. The van der Waals surface area contributed by atoms with E-state index in [0.717, 1.165) is 6.42 Å². The third kappa shape index (κ3) is 2.80. The van der Waals surface area contributed by atoms with Crippen molar-refractivity contribution in [3.8, 4) is 6.07 Å². The van der Waals surface area contributed by atoms with Crippen LogP contribution in [0, 0.1) is 17.2 Å². The second-order valence-corrected chi connectivity index (χ2v) is 3.48. The van der Waals surface area contributed by atoms with Gasteiger partial charge in [0.2, 0.25) is 0 Å². The first-order chi connectivity index (χ1) is 5.54. The molecule has 0 N–H and O–H groups in total. The monoisotopic (exact) mass is 169 g/mol. The molecular formula is C9H19N3.